The highest BCUT2D eigenvalue weighted by Crippen LogP contribution is 2.30. The number of nitrogens with zero attached hydrogens (tertiary/aromatic N) is 2. The molecule has 3 aromatic rings. The summed E-state index contributed by atoms with van der Waals surface area (Å²) in [6.45, 7) is 2.75. The molecule has 1 unspecified atom stereocenters. The van der Waals surface area contributed by atoms with Crippen LogP contribution in [-0.2, 0) is 16.1 Å². The summed E-state index contributed by atoms with van der Waals surface area (Å²) in [7, 11) is 1.48. The first-order valence-corrected chi connectivity index (χ1v) is 13.7. The minimum atomic E-state index is -0.866. The molecule has 204 valence electrons. The number of para-hydroxylation sites is 1. The number of hydrogen-bond donors (Lipinski definition) is 1. The van der Waals surface area contributed by atoms with Crippen LogP contribution in [0.2, 0.25) is 5.02 Å². The minimum Gasteiger partial charge on any atom is -0.454 e. The lowest BCUT2D eigenvalue weighted by atomic mass is 10.0. The van der Waals surface area contributed by atoms with Crippen molar-refractivity contribution in [1.29, 1.82) is 0 Å². The van der Waals surface area contributed by atoms with E-state index in [0.717, 1.165) is 19.3 Å². The number of carbonyl (C=O) groups is 3. The van der Waals surface area contributed by atoms with Gasteiger partial charge in [0, 0.05) is 41.9 Å². The van der Waals surface area contributed by atoms with Gasteiger partial charge in [-0.2, -0.15) is 0 Å². The third-order valence-electron chi connectivity index (χ3n) is 6.56. The van der Waals surface area contributed by atoms with Gasteiger partial charge in [-0.15, -0.1) is 0 Å². The minimum absolute atomic E-state index is 0.0333. The molecule has 10 heteroatoms. The number of amides is 3. The van der Waals surface area contributed by atoms with Gasteiger partial charge in [0.1, 0.15) is 5.75 Å². The van der Waals surface area contributed by atoms with Crippen LogP contribution in [0, 0.1) is 5.82 Å². The summed E-state index contributed by atoms with van der Waals surface area (Å²) in [5.41, 5.74) is 1.23. The molecule has 0 aromatic heterocycles. The third-order valence-corrected chi connectivity index (χ3v) is 7.36. The predicted octanol–water partition coefficient (Wildman–Crippen LogP) is 6.65. The van der Waals surface area contributed by atoms with Crippen LogP contribution in [0.25, 0.3) is 0 Å². The van der Waals surface area contributed by atoms with E-state index in [0.29, 0.717) is 33.6 Å². The first kappa shape index (κ1) is 28.6. The van der Waals surface area contributed by atoms with Crippen molar-refractivity contribution in [2.45, 2.75) is 38.8 Å². The number of halogens is 3. The zero-order valence-corrected chi connectivity index (χ0v) is 23.9. The maximum absolute atomic E-state index is 14.3. The van der Waals surface area contributed by atoms with Crippen LogP contribution >= 0.6 is 27.5 Å². The number of anilines is 1. The zero-order valence-electron chi connectivity index (χ0n) is 21.5. The topological polar surface area (TPSA) is 79.0 Å². The first-order chi connectivity index (χ1) is 18.6. The monoisotopic (exact) mass is 615 g/mol. The van der Waals surface area contributed by atoms with Crippen LogP contribution in [0.4, 0.5) is 10.1 Å². The molecule has 0 spiro atoms. The Balaban J connectivity index is 1.40. The van der Waals surface area contributed by atoms with Crippen LogP contribution in [0.15, 0.2) is 65.1 Å². The Bertz CT molecular complexity index is 1400. The number of likely N-dealkylation sites (N-methyl/N-ethyl adjacent to an activating group) is 1. The molecule has 4 rings (SSSR count). The van der Waals surface area contributed by atoms with Crippen LogP contribution < -0.4 is 10.1 Å². The van der Waals surface area contributed by atoms with Crippen LogP contribution in [0.5, 0.6) is 11.5 Å². The zero-order chi connectivity index (χ0) is 28.1. The van der Waals surface area contributed by atoms with Crippen molar-refractivity contribution >= 4 is 50.9 Å². The Hall–Kier alpha value is -3.43. The molecule has 0 radical (unpaired) electrons. The summed E-state index contributed by atoms with van der Waals surface area (Å²) in [6.07, 6.45) is 2.99. The average molecular weight is 617 g/mol. The smallest absolute Gasteiger partial charge is 0.313 e. The molecule has 0 saturated carbocycles. The Morgan fingerprint density at radius 3 is 2.59 bits per heavy atom. The van der Waals surface area contributed by atoms with Gasteiger partial charge in [-0.3, -0.25) is 14.4 Å². The van der Waals surface area contributed by atoms with E-state index >= 15 is 0 Å². The van der Waals surface area contributed by atoms with Gasteiger partial charge in [0.15, 0.2) is 11.6 Å². The van der Waals surface area contributed by atoms with E-state index in [4.69, 9.17) is 16.3 Å². The standard InChI is InChI=1S/C29H28BrClFN3O4/c1-18-7-5-6-14-35(18)28(37)22-12-11-21(16-23(22)31)33-27(36)29(38)34(2)17-19-8-3-4-9-25(19)39-26-13-10-20(30)15-24(26)32/h3-4,8-13,15-16,18H,5-7,14,17H2,1-2H3,(H,33,36). The third kappa shape index (κ3) is 6.96. The second-order valence-electron chi connectivity index (χ2n) is 9.44. The number of carbonyl (C=O) groups excluding carboxylic acids is 3. The van der Waals surface area contributed by atoms with E-state index in [1.54, 1.807) is 42.5 Å². The van der Waals surface area contributed by atoms with Gasteiger partial charge in [-0.25, -0.2) is 4.39 Å². The summed E-state index contributed by atoms with van der Waals surface area (Å²) in [5, 5.41) is 2.74. The summed E-state index contributed by atoms with van der Waals surface area (Å²) in [6, 6.07) is 16.0. The SMILES string of the molecule is CC1CCCCN1C(=O)c1ccc(NC(=O)C(=O)N(C)Cc2ccccc2Oc2ccc(Br)cc2F)cc1Cl. The number of likely N-dealkylation sites (tertiary alicyclic amines) is 1. The van der Waals surface area contributed by atoms with Crippen molar-refractivity contribution in [1.82, 2.24) is 9.80 Å². The van der Waals surface area contributed by atoms with Gasteiger partial charge >= 0.3 is 11.8 Å². The number of piperidine rings is 1. The van der Waals surface area contributed by atoms with Crippen molar-refractivity contribution in [3.8, 4) is 11.5 Å². The predicted molar refractivity (Wildman–Crippen MR) is 152 cm³/mol. The van der Waals surface area contributed by atoms with Crippen LogP contribution in [-0.4, -0.2) is 47.2 Å². The summed E-state index contributed by atoms with van der Waals surface area (Å²) in [4.78, 5) is 41.6. The number of ether oxygens (including phenoxy) is 1. The lowest BCUT2D eigenvalue weighted by Gasteiger charge is -2.33. The highest BCUT2D eigenvalue weighted by atomic mass is 79.9. The van der Waals surface area contributed by atoms with E-state index < -0.39 is 17.6 Å². The van der Waals surface area contributed by atoms with Gasteiger partial charge in [-0.1, -0.05) is 45.7 Å². The second kappa shape index (κ2) is 12.6. The lowest BCUT2D eigenvalue weighted by molar-refractivity contribution is -0.142. The van der Waals surface area contributed by atoms with Crippen molar-refractivity contribution in [2.75, 3.05) is 18.9 Å². The molecular weight excluding hydrogens is 589 g/mol. The van der Waals surface area contributed by atoms with E-state index in [2.05, 4.69) is 21.2 Å². The number of benzene rings is 3. The number of hydrogen-bond acceptors (Lipinski definition) is 4. The van der Waals surface area contributed by atoms with E-state index in [-0.39, 0.29) is 29.3 Å². The van der Waals surface area contributed by atoms with Gasteiger partial charge in [0.25, 0.3) is 5.91 Å². The molecular formula is C29H28BrClFN3O4. The normalized spacial score (nSPS) is 15.0. The quantitative estimate of drug-likeness (QED) is 0.315. The fourth-order valence-corrected chi connectivity index (χ4v) is 5.01. The van der Waals surface area contributed by atoms with Crippen LogP contribution in [0.1, 0.15) is 42.1 Å². The molecule has 3 aromatic carbocycles. The Kier molecular flexibility index (Phi) is 9.24. The molecule has 1 N–H and O–H groups in total. The Labute approximate surface area is 240 Å². The fourth-order valence-electron chi connectivity index (χ4n) is 4.42. The van der Waals surface area contributed by atoms with Crippen molar-refractivity contribution in [2.24, 2.45) is 0 Å². The van der Waals surface area contributed by atoms with E-state index in [9.17, 15) is 18.8 Å². The van der Waals surface area contributed by atoms with Gasteiger partial charge in [-0.05, 0) is 68.7 Å². The molecule has 39 heavy (non-hydrogen) atoms. The van der Waals surface area contributed by atoms with Gasteiger partial charge < -0.3 is 19.9 Å². The molecule has 7 nitrogen and oxygen atoms in total. The average Bonchev–Trinajstić information content (AvgIpc) is 2.90. The molecule has 1 heterocycles. The summed E-state index contributed by atoms with van der Waals surface area (Å²) >= 11 is 9.60. The molecule has 1 aliphatic rings. The molecule has 1 saturated heterocycles. The largest absolute Gasteiger partial charge is 0.454 e. The Morgan fingerprint density at radius 1 is 1.10 bits per heavy atom. The van der Waals surface area contributed by atoms with Crippen molar-refractivity contribution in [3.63, 3.8) is 0 Å². The molecule has 0 aliphatic carbocycles. The maximum atomic E-state index is 14.3. The summed E-state index contributed by atoms with van der Waals surface area (Å²) < 4.78 is 20.6. The molecule has 1 atom stereocenters. The molecule has 3 amide bonds. The van der Waals surface area contributed by atoms with E-state index in [1.807, 2.05) is 11.8 Å². The van der Waals surface area contributed by atoms with Gasteiger partial charge in [0.2, 0.25) is 0 Å². The van der Waals surface area contributed by atoms with E-state index in [1.165, 1.54) is 30.1 Å². The van der Waals surface area contributed by atoms with Crippen molar-refractivity contribution in [3.05, 3.63) is 87.1 Å². The van der Waals surface area contributed by atoms with Crippen molar-refractivity contribution < 1.29 is 23.5 Å². The lowest BCUT2D eigenvalue weighted by Crippen LogP contribution is -2.42. The Morgan fingerprint density at radius 2 is 1.87 bits per heavy atom. The number of nitrogens with one attached hydrogen (secondary N) is 1. The maximum Gasteiger partial charge on any atom is 0.313 e. The van der Waals surface area contributed by atoms with Crippen LogP contribution in [0.3, 0.4) is 0 Å². The fraction of sp³-hybridized carbons (Fsp3) is 0.276. The number of rotatable bonds is 6. The molecule has 1 fully saturated rings. The summed E-state index contributed by atoms with van der Waals surface area (Å²) in [5.74, 6) is -1.96. The molecule has 0 bridgehead atoms. The van der Waals surface area contributed by atoms with Gasteiger partial charge in [0.05, 0.1) is 10.6 Å². The second-order valence-corrected chi connectivity index (χ2v) is 10.8. The highest BCUT2D eigenvalue weighted by Gasteiger charge is 2.26. The first-order valence-electron chi connectivity index (χ1n) is 12.5. The molecule has 1 aliphatic heterocycles. The highest BCUT2D eigenvalue weighted by molar-refractivity contribution is 9.10.